The first-order valence-corrected chi connectivity index (χ1v) is 5.49. The lowest BCUT2D eigenvalue weighted by Crippen LogP contribution is -2.27. The van der Waals surface area contributed by atoms with Crippen molar-refractivity contribution < 1.29 is 9.53 Å². The highest BCUT2D eigenvalue weighted by molar-refractivity contribution is 5.90. The monoisotopic (exact) mass is 237 g/mol. The maximum Gasteiger partial charge on any atom is 0.251 e. The first kappa shape index (κ1) is 13.6. The maximum absolute atomic E-state index is 11.5. The Balaban J connectivity index is 2.45. The molecule has 1 rings (SSSR count). The number of nitrogens with one attached hydrogen (secondary N) is 1. The van der Waals surface area contributed by atoms with E-state index in [2.05, 4.69) is 10.3 Å². The van der Waals surface area contributed by atoms with Crippen LogP contribution in [0.15, 0.2) is 18.3 Å². The van der Waals surface area contributed by atoms with Crippen LogP contribution in [-0.4, -0.2) is 23.1 Å². The molecule has 0 fully saturated rings. The highest BCUT2D eigenvalue weighted by Crippen LogP contribution is 2.07. The lowest BCUT2D eigenvalue weighted by Gasteiger charge is -2.18. The highest BCUT2D eigenvalue weighted by atomic mass is 16.5. The highest BCUT2D eigenvalue weighted by Gasteiger charge is 2.13. The standard InChI is InChI=1S/C12H19N3O2/c1-12(2,3)17-8-11(16)15-10-5-4-9(6-13)7-14-10/h4-5,7H,6,8,13H2,1-3H3,(H,14,15,16). The van der Waals surface area contributed by atoms with E-state index in [-0.39, 0.29) is 18.1 Å². The van der Waals surface area contributed by atoms with Gasteiger partial charge in [-0.2, -0.15) is 0 Å². The Bertz CT molecular complexity index is 368. The zero-order valence-electron chi connectivity index (χ0n) is 10.5. The Hall–Kier alpha value is -1.46. The van der Waals surface area contributed by atoms with E-state index in [1.165, 1.54) is 0 Å². The summed E-state index contributed by atoms with van der Waals surface area (Å²) in [7, 11) is 0. The lowest BCUT2D eigenvalue weighted by atomic mass is 10.2. The quantitative estimate of drug-likeness (QED) is 0.827. The molecular formula is C12H19N3O2. The number of hydrogen-bond donors (Lipinski definition) is 2. The van der Waals surface area contributed by atoms with Crippen molar-refractivity contribution in [2.24, 2.45) is 5.73 Å². The molecule has 0 radical (unpaired) electrons. The number of hydrogen-bond acceptors (Lipinski definition) is 4. The van der Waals surface area contributed by atoms with Crippen LogP contribution in [0.25, 0.3) is 0 Å². The summed E-state index contributed by atoms with van der Waals surface area (Å²) in [6.07, 6.45) is 1.64. The van der Waals surface area contributed by atoms with E-state index < -0.39 is 0 Å². The van der Waals surface area contributed by atoms with Crippen LogP contribution in [0.1, 0.15) is 26.3 Å². The Kier molecular flexibility index (Phi) is 4.60. The van der Waals surface area contributed by atoms with Crippen molar-refractivity contribution in [1.82, 2.24) is 4.98 Å². The number of pyridine rings is 1. The fourth-order valence-electron chi connectivity index (χ4n) is 1.08. The summed E-state index contributed by atoms with van der Waals surface area (Å²) in [6, 6.07) is 3.55. The molecule has 5 nitrogen and oxygen atoms in total. The molecule has 1 aromatic heterocycles. The van der Waals surface area contributed by atoms with Gasteiger partial charge in [0.25, 0.3) is 5.91 Å². The number of rotatable bonds is 4. The molecule has 0 aliphatic heterocycles. The third-order valence-electron chi connectivity index (χ3n) is 1.96. The van der Waals surface area contributed by atoms with Gasteiger partial charge in [0.05, 0.1) is 5.60 Å². The molecule has 0 saturated carbocycles. The van der Waals surface area contributed by atoms with Gasteiger partial charge in [-0.3, -0.25) is 4.79 Å². The Morgan fingerprint density at radius 1 is 1.47 bits per heavy atom. The molecule has 3 N–H and O–H groups in total. The summed E-state index contributed by atoms with van der Waals surface area (Å²) in [5.74, 6) is 0.289. The lowest BCUT2D eigenvalue weighted by molar-refractivity contribution is -0.125. The first-order valence-electron chi connectivity index (χ1n) is 5.49. The fraction of sp³-hybridized carbons (Fsp3) is 0.500. The average Bonchev–Trinajstić information content (AvgIpc) is 2.27. The number of nitrogens with two attached hydrogens (primary N) is 1. The molecule has 0 bridgehead atoms. The van der Waals surface area contributed by atoms with E-state index in [1.54, 1.807) is 12.3 Å². The van der Waals surface area contributed by atoms with Crippen LogP contribution in [0.4, 0.5) is 5.82 Å². The molecule has 17 heavy (non-hydrogen) atoms. The van der Waals surface area contributed by atoms with E-state index in [9.17, 15) is 4.79 Å². The van der Waals surface area contributed by atoms with Crippen molar-refractivity contribution in [1.29, 1.82) is 0 Å². The van der Waals surface area contributed by atoms with Gasteiger partial charge in [-0.25, -0.2) is 4.98 Å². The number of nitrogens with zero attached hydrogens (tertiary/aromatic N) is 1. The fourth-order valence-corrected chi connectivity index (χ4v) is 1.08. The molecular weight excluding hydrogens is 218 g/mol. The van der Waals surface area contributed by atoms with Crippen LogP contribution in [0.2, 0.25) is 0 Å². The molecule has 1 aromatic rings. The summed E-state index contributed by atoms with van der Waals surface area (Å²) < 4.78 is 5.35. The largest absolute Gasteiger partial charge is 0.366 e. The maximum atomic E-state index is 11.5. The van der Waals surface area contributed by atoms with Gasteiger partial charge in [0, 0.05) is 12.7 Å². The molecule has 0 spiro atoms. The first-order chi connectivity index (χ1) is 7.90. The van der Waals surface area contributed by atoms with Gasteiger partial charge in [-0.05, 0) is 32.4 Å². The molecule has 0 saturated heterocycles. The predicted molar refractivity (Wildman–Crippen MR) is 66.5 cm³/mol. The molecule has 0 aromatic carbocycles. The third-order valence-corrected chi connectivity index (χ3v) is 1.96. The summed E-state index contributed by atoms with van der Waals surface area (Å²) in [4.78, 5) is 15.6. The van der Waals surface area contributed by atoms with Crippen LogP contribution >= 0.6 is 0 Å². The van der Waals surface area contributed by atoms with Gasteiger partial charge in [0.2, 0.25) is 0 Å². The smallest absolute Gasteiger partial charge is 0.251 e. The summed E-state index contributed by atoms with van der Waals surface area (Å²) in [5, 5.41) is 2.65. The number of amides is 1. The normalized spacial score (nSPS) is 11.3. The molecule has 0 atom stereocenters. The van der Waals surface area contributed by atoms with Crippen LogP contribution in [0.5, 0.6) is 0 Å². The van der Waals surface area contributed by atoms with Gasteiger partial charge < -0.3 is 15.8 Å². The average molecular weight is 237 g/mol. The molecule has 1 heterocycles. The zero-order valence-corrected chi connectivity index (χ0v) is 10.5. The number of aromatic nitrogens is 1. The minimum Gasteiger partial charge on any atom is -0.366 e. The van der Waals surface area contributed by atoms with Gasteiger partial charge in [-0.1, -0.05) is 6.07 Å². The second kappa shape index (κ2) is 5.75. The van der Waals surface area contributed by atoms with Crippen molar-refractivity contribution in [3.8, 4) is 0 Å². The minimum atomic E-state index is -0.325. The molecule has 0 aliphatic rings. The Morgan fingerprint density at radius 2 is 2.18 bits per heavy atom. The van der Waals surface area contributed by atoms with Gasteiger partial charge in [0.1, 0.15) is 12.4 Å². The van der Waals surface area contributed by atoms with Crippen molar-refractivity contribution in [3.05, 3.63) is 23.9 Å². The Labute approximate surface area is 101 Å². The number of carbonyl (C=O) groups is 1. The van der Waals surface area contributed by atoms with E-state index in [0.717, 1.165) is 5.56 Å². The Morgan fingerprint density at radius 3 is 2.65 bits per heavy atom. The SMILES string of the molecule is CC(C)(C)OCC(=O)Nc1ccc(CN)cn1. The number of ether oxygens (including phenoxy) is 1. The number of anilines is 1. The second-order valence-corrected chi connectivity index (χ2v) is 4.71. The minimum absolute atomic E-state index is 0.0177. The molecule has 0 aliphatic carbocycles. The topological polar surface area (TPSA) is 77.2 Å². The van der Waals surface area contributed by atoms with Crippen molar-refractivity contribution in [2.75, 3.05) is 11.9 Å². The summed E-state index contributed by atoms with van der Waals surface area (Å²) in [6.45, 7) is 6.15. The molecule has 0 unspecified atom stereocenters. The van der Waals surface area contributed by atoms with Gasteiger partial charge >= 0.3 is 0 Å². The van der Waals surface area contributed by atoms with Crippen LogP contribution in [-0.2, 0) is 16.1 Å². The predicted octanol–water partition coefficient (Wildman–Crippen LogP) is 1.29. The number of carbonyl (C=O) groups excluding carboxylic acids is 1. The van der Waals surface area contributed by atoms with E-state index in [4.69, 9.17) is 10.5 Å². The zero-order chi connectivity index (χ0) is 12.9. The summed E-state index contributed by atoms with van der Waals surface area (Å²) in [5.41, 5.74) is 6.05. The van der Waals surface area contributed by atoms with E-state index >= 15 is 0 Å². The van der Waals surface area contributed by atoms with Gasteiger partial charge in [-0.15, -0.1) is 0 Å². The van der Waals surface area contributed by atoms with Gasteiger partial charge in [0.15, 0.2) is 0 Å². The second-order valence-electron chi connectivity index (χ2n) is 4.71. The van der Waals surface area contributed by atoms with Crippen LogP contribution in [0, 0.1) is 0 Å². The van der Waals surface area contributed by atoms with Crippen LogP contribution < -0.4 is 11.1 Å². The van der Waals surface area contributed by atoms with Crippen molar-refractivity contribution in [3.63, 3.8) is 0 Å². The van der Waals surface area contributed by atoms with Crippen molar-refractivity contribution >= 4 is 11.7 Å². The molecule has 1 amide bonds. The van der Waals surface area contributed by atoms with Crippen LogP contribution in [0.3, 0.4) is 0 Å². The van der Waals surface area contributed by atoms with E-state index in [0.29, 0.717) is 12.4 Å². The third kappa shape index (κ3) is 5.42. The molecule has 94 valence electrons. The van der Waals surface area contributed by atoms with Crippen molar-refractivity contribution in [2.45, 2.75) is 32.9 Å². The van der Waals surface area contributed by atoms with E-state index in [1.807, 2.05) is 26.8 Å². The molecule has 5 heteroatoms. The summed E-state index contributed by atoms with van der Waals surface area (Å²) >= 11 is 0.